The molecule has 2 aromatic rings. The van der Waals surface area contributed by atoms with Gasteiger partial charge in [0.15, 0.2) is 0 Å². The Bertz CT molecular complexity index is 766. The third-order valence-corrected chi connectivity index (χ3v) is 8.23. The predicted octanol–water partition coefficient (Wildman–Crippen LogP) is 5.88. The summed E-state index contributed by atoms with van der Waals surface area (Å²) in [5.74, 6) is 0.535. The number of rotatable bonds is 10. The van der Waals surface area contributed by atoms with Crippen molar-refractivity contribution in [2.24, 2.45) is 5.92 Å². The minimum atomic E-state index is -2.78. The molecular weight excluding hydrogens is 483 g/mol. The minimum absolute atomic E-state index is 0.454. The number of hydrogen-bond donors (Lipinski definition) is 0. The van der Waals surface area contributed by atoms with E-state index in [1.54, 1.807) is 24.3 Å². The molecule has 0 aliphatic rings. The number of ether oxygens (including phenoxy) is 1. The van der Waals surface area contributed by atoms with Crippen molar-refractivity contribution in [2.45, 2.75) is 53.6 Å². The fourth-order valence-corrected chi connectivity index (χ4v) is 5.46. The second-order valence-corrected chi connectivity index (χ2v) is 10.2. The molecule has 0 aliphatic carbocycles. The van der Waals surface area contributed by atoms with Gasteiger partial charge < -0.3 is 0 Å². The average molecular weight is 512 g/mol. The van der Waals surface area contributed by atoms with Crippen molar-refractivity contribution in [3.63, 3.8) is 0 Å². The summed E-state index contributed by atoms with van der Waals surface area (Å²) in [6, 6.07) is 15.7. The Morgan fingerprint density at radius 3 is 1.83 bits per heavy atom. The van der Waals surface area contributed by atoms with E-state index in [0.717, 1.165) is 21.5 Å². The molecule has 158 valence electrons. The van der Waals surface area contributed by atoms with Crippen molar-refractivity contribution in [2.75, 3.05) is 0 Å². The Balaban J connectivity index is 1.94. The molecule has 2 aromatic carbocycles. The molecule has 29 heavy (non-hydrogen) atoms. The van der Waals surface area contributed by atoms with E-state index >= 15 is 0 Å². The van der Waals surface area contributed by atoms with Gasteiger partial charge in [-0.2, -0.15) is 0 Å². The van der Waals surface area contributed by atoms with Crippen LogP contribution >= 0.6 is 20.6 Å². The Labute approximate surface area is 181 Å². The first-order valence-corrected chi connectivity index (χ1v) is 12.6. The zero-order chi connectivity index (χ0) is 21.2. The van der Waals surface area contributed by atoms with Crippen molar-refractivity contribution in [1.82, 2.24) is 0 Å². The average Bonchev–Trinajstić information content (AvgIpc) is 2.70. The topological polar surface area (TPSA) is 61.8 Å². The van der Waals surface area contributed by atoms with E-state index in [1.165, 1.54) is 32.3 Å². The van der Waals surface area contributed by atoms with Crippen LogP contribution in [-0.4, -0.2) is 11.9 Å². The van der Waals surface area contributed by atoms with Crippen molar-refractivity contribution in [3.05, 3.63) is 63.2 Å². The van der Waals surface area contributed by atoms with Crippen molar-refractivity contribution >= 4 is 32.6 Å². The molecule has 5 nitrogen and oxygen atoms in total. The van der Waals surface area contributed by atoms with Crippen LogP contribution < -0.4 is 4.74 Å². The van der Waals surface area contributed by atoms with Gasteiger partial charge in [0.2, 0.25) is 0 Å². The fraction of sp³-hybridized carbons (Fsp3) is 0.391. The summed E-state index contributed by atoms with van der Waals surface area (Å²) in [7, 11) is 0. The van der Waals surface area contributed by atoms with E-state index in [9.17, 15) is 9.59 Å². The molecule has 0 spiro atoms. The summed E-state index contributed by atoms with van der Waals surface area (Å²) in [4.78, 5) is 22.5. The number of benzene rings is 2. The molecule has 2 rings (SSSR count). The van der Waals surface area contributed by atoms with Gasteiger partial charge >= 0.3 is 155 Å². The normalized spacial score (nSPS) is 11.1. The van der Waals surface area contributed by atoms with Gasteiger partial charge in [-0.25, -0.2) is 0 Å². The van der Waals surface area contributed by atoms with Crippen LogP contribution in [0.3, 0.4) is 0 Å². The first kappa shape index (κ1) is 23.2. The molecule has 0 bridgehead atoms. The van der Waals surface area contributed by atoms with Gasteiger partial charge in [0.05, 0.1) is 0 Å². The van der Waals surface area contributed by atoms with Gasteiger partial charge in [-0.3, -0.25) is 0 Å². The summed E-state index contributed by atoms with van der Waals surface area (Å²) in [5.41, 5.74) is 2.47. The third kappa shape index (κ3) is 8.04. The Hall–Kier alpha value is -2.09. The molecule has 0 unspecified atom stereocenters. The van der Waals surface area contributed by atoms with Crippen molar-refractivity contribution < 1.29 is 20.5 Å². The molecule has 0 saturated heterocycles. The first-order valence-electron chi connectivity index (χ1n) is 9.80. The zero-order valence-corrected chi connectivity index (χ0v) is 19.6. The quantitative estimate of drug-likeness (QED) is 0.373. The van der Waals surface area contributed by atoms with Gasteiger partial charge in [-0.05, 0) is 0 Å². The molecule has 0 N–H and O–H groups in total. The van der Waals surface area contributed by atoms with Gasteiger partial charge in [0.25, 0.3) is 0 Å². The van der Waals surface area contributed by atoms with E-state index in [1.807, 2.05) is 0 Å². The van der Waals surface area contributed by atoms with Crippen LogP contribution in [0.2, 0.25) is 0 Å². The fourth-order valence-electron chi connectivity index (χ4n) is 2.78. The summed E-state index contributed by atoms with van der Waals surface area (Å²) < 4.78 is 17.0. The summed E-state index contributed by atoms with van der Waals surface area (Å²) >= 11 is -2.78. The zero-order valence-electron chi connectivity index (χ0n) is 17.4. The van der Waals surface area contributed by atoms with Gasteiger partial charge in [0.1, 0.15) is 0 Å². The Kier molecular flexibility index (Phi) is 9.44. The van der Waals surface area contributed by atoms with E-state index in [0.29, 0.717) is 12.4 Å². The SMILES string of the molecule is CCC(CC)Cc1ccc(COc2ccc(I(OC(C)=O)OC(C)=O)cc2)cc1. The molecule has 6 heteroatoms. The number of hydrogen-bond acceptors (Lipinski definition) is 5. The van der Waals surface area contributed by atoms with Gasteiger partial charge in [0, 0.05) is 0 Å². The summed E-state index contributed by atoms with van der Waals surface area (Å²) in [5, 5.41) is 0. The third-order valence-electron chi connectivity index (χ3n) is 4.46. The van der Waals surface area contributed by atoms with Crippen molar-refractivity contribution in [3.8, 4) is 5.75 Å². The van der Waals surface area contributed by atoms with Crippen LogP contribution in [0.5, 0.6) is 5.75 Å². The number of halogens is 1. The van der Waals surface area contributed by atoms with Crippen LogP contribution in [0.25, 0.3) is 0 Å². The van der Waals surface area contributed by atoms with Crippen LogP contribution in [-0.2, 0) is 28.7 Å². The maximum absolute atomic E-state index is 11.3. The van der Waals surface area contributed by atoms with E-state index in [2.05, 4.69) is 38.1 Å². The molecule has 0 saturated carbocycles. The van der Waals surface area contributed by atoms with E-state index in [-0.39, 0.29) is 0 Å². The van der Waals surface area contributed by atoms with Gasteiger partial charge in [-0.1, -0.05) is 26.7 Å². The summed E-state index contributed by atoms with van der Waals surface area (Å²) in [6.45, 7) is 7.57. The van der Waals surface area contributed by atoms with E-state index < -0.39 is 32.6 Å². The maximum atomic E-state index is 11.3. The second kappa shape index (κ2) is 11.8. The standard InChI is InChI=1S/C23H29IO5/c1-5-19(6-2)15-20-7-9-21(10-8-20)16-27-23-13-11-22(12-14-23)24(28-17(3)25)29-18(4)26/h7-14,19H,5-6,15-16H2,1-4H3. The monoisotopic (exact) mass is 512 g/mol. The van der Waals surface area contributed by atoms with Crippen LogP contribution in [0.1, 0.15) is 51.7 Å². The van der Waals surface area contributed by atoms with Crippen LogP contribution in [0, 0.1) is 9.49 Å². The van der Waals surface area contributed by atoms with Crippen LogP contribution in [0.4, 0.5) is 0 Å². The predicted molar refractivity (Wildman–Crippen MR) is 121 cm³/mol. The Morgan fingerprint density at radius 1 is 0.828 bits per heavy atom. The summed E-state index contributed by atoms with van der Waals surface area (Å²) in [6.07, 6.45) is 3.53. The second-order valence-electron chi connectivity index (χ2n) is 6.80. The number of carbonyl (C=O) groups is 2. The van der Waals surface area contributed by atoms with E-state index in [4.69, 9.17) is 10.9 Å². The van der Waals surface area contributed by atoms with Crippen LogP contribution in [0.15, 0.2) is 48.5 Å². The molecule has 0 radical (unpaired) electrons. The molecule has 0 aromatic heterocycles. The number of carbonyl (C=O) groups excluding carboxylic acids is 2. The molecule has 0 atom stereocenters. The molecule has 0 fully saturated rings. The Morgan fingerprint density at radius 2 is 1.34 bits per heavy atom. The van der Waals surface area contributed by atoms with Gasteiger partial charge in [-0.15, -0.1) is 0 Å². The first-order chi connectivity index (χ1) is 13.9. The van der Waals surface area contributed by atoms with Crippen molar-refractivity contribution in [1.29, 1.82) is 0 Å². The molecular formula is C23H29IO5. The molecule has 0 heterocycles. The molecule has 0 amide bonds. The molecule has 0 aliphatic heterocycles.